The lowest BCUT2D eigenvalue weighted by molar-refractivity contribution is -0.00519. The van der Waals surface area contributed by atoms with Crippen LogP contribution >= 0.6 is 0 Å². The second-order valence-electron chi connectivity index (χ2n) is 10.4. The van der Waals surface area contributed by atoms with E-state index < -0.39 is 0 Å². The number of allylic oxidation sites excluding steroid dienone is 4. The molecule has 0 heterocycles. The van der Waals surface area contributed by atoms with Crippen molar-refractivity contribution >= 4 is 0 Å². The van der Waals surface area contributed by atoms with Crippen molar-refractivity contribution in [3.63, 3.8) is 0 Å². The van der Waals surface area contributed by atoms with Gasteiger partial charge in [-0.15, -0.1) is 0 Å². The van der Waals surface area contributed by atoms with E-state index in [9.17, 15) is 0 Å². The van der Waals surface area contributed by atoms with E-state index in [0.717, 1.165) is 17.8 Å². The first-order valence-corrected chi connectivity index (χ1v) is 10.9. The molecule has 6 rings (SSSR count). The summed E-state index contributed by atoms with van der Waals surface area (Å²) in [7, 11) is 0. The van der Waals surface area contributed by atoms with Gasteiger partial charge in [-0.3, -0.25) is 0 Å². The predicted octanol–water partition coefficient (Wildman–Crippen LogP) is 6.95. The van der Waals surface area contributed by atoms with E-state index in [-0.39, 0.29) is 0 Å². The van der Waals surface area contributed by atoms with Crippen molar-refractivity contribution < 1.29 is 0 Å². The van der Waals surface area contributed by atoms with Gasteiger partial charge in [0.25, 0.3) is 0 Å². The number of hydrogen-bond donors (Lipinski definition) is 0. The molecular formula is C26H34. The maximum atomic E-state index is 2.52. The van der Waals surface area contributed by atoms with E-state index in [4.69, 9.17) is 0 Å². The summed E-state index contributed by atoms with van der Waals surface area (Å²) < 4.78 is 0. The van der Waals surface area contributed by atoms with Crippen molar-refractivity contribution in [3.05, 3.63) is 59.2 Å². The average Bonchev–Trinajstić information content (AvgIpc) is 3.30. The summed E-state index contributed by atoms with van der Waals surface area (Å²) in [6.45, 7) is 6.76. The lowest BCUT2D eigenvalue weighted by Gasteiger charge is -2.57. The molecule has 138 valence electrons. The molecular weight excluding hydrogens is 312 g/mol. The highest BCUT2D eigenvalue weighted by Gasteiger charge is 2.52. The highest BCUT2D eigenvalue weighted by Crippen LogP contribution is 2.61. The van der Waals surface area contributed by atoms with Crippen molar-refractivity contribution in [1.82, 2.24) is 0 Å². The summed E-state index contributed by atoms with van der Waals surface area (Å²) in [4.78, 5) is 0. The zero-order valence-electron chi connectivity index (χ0n) is 16.8. The quantitative estimate of drug-likeness (QED) is 0.517. The second kappa shape index (κ2) is 5.85. The highest BCUT2D eigenvalue weighted by molar-refractivity contribution is 5.40. The molecule has 0 heteroatoms. The van der Waals surface area contributed by atoms with E-state index in [1.165, 1.54) is 50.5 Å². The van der Waals surface area contributed by atoms with Gasteiger partial charge in [0.05, 0.1) is 0 Å². The fourth-order valence-electron chi connectivity index (χ4n) is 7.04. The number of rotatable bonds is 4. The summed E-state index contributed by atoms with van der Waals surface area (Å²) in [6, 6.07) is 9.99. The van der Waals surface area contributed by atoms with E-state index in [0.29, 0.717) is 16.7 Å². The molecule has 0 aromatic heterocycles. The number of benzene rings is 1. The molecule has 0 amide bonds. The van der Waals surface area contributed by atoms with Crippen LogP contribution in [-0.4, -0.2) is 0 Å². The van der Waals surface area contributed by atoms with Crippen LogP contribution < -0.4 is 0 Å². The zero-order valence-corrected chi connectivity index (χ0v) is 16.8. The van der Waals surface area contributed by atoms with Crippen molar-refractivity contribution in [1.29, 1.82) is 0 Å². The topological polar surface area (TPSA) is 0 Å². The van der Waals surface area contributed by atoms with Gasteiger partial charge < -0.3 is 0 Å². The van der Waals surface area contributed by atoms with Crippen LogP contribution in [0.3, 0.4) is 0 Å². The normalized spacial score (nSPS) is 44.0. The maximum absolute atomic E-state index is 2.52. The Labute approximate surface area is 159 Å². The monoisotopic (exact) mass is 346 g/mol. The van der Waals surface area contributed by atoms with Gasteiger partial charge in [0.1, 0.15) is 0 Å². The Morgan fingerprint density at radius 3 is 1.96 bits per heavy atom. The highest BCUT2D eigenvalue weighted by atomic mass is 14.6. The van der Waals surface area contributed by atoms with E-state index in [1.807, 2.05) is 0 Å². The van der Waals surface area contributed by atoms with Gasteiger partial charge >= 0.3 is 0 Å². The average molecular weight is 347 g/mol. The van der Waals surface area contributed by atoms with Crippen LogP contribution in [0.5, 0.6) is 0 Å². The first kappa shape index (κ1) is 16.8. The smallest absolute Gasteiger partial charge is 0.000622 e. The minimum absolute atomic E-state index is 0.366. The maximum Gasteiger partial charge on any atom is -0.000622 e. The molecule has 0 nitrogen and oxygen atoms in total. The Morgan fingerprint density at radius 1 is 0.885 bits per heavy atom. The van der Waals surface area contributed by atoms with Crippen molar-refractivity contribution in [2.24, 2.45) is 23.7 Å². The molecule has 0 saturated heterocycles. The van der Waals surface area contributed by atoms with Gasteiger partial charge in [0.15, 0.2) is 0 Å². The molecule has 0 aliphatic heterocycles. The molecule has 5 aliphatic carbocycles. The Bertz CT molecular complexity index is 711. The first-order valence-electron chi connectivity index (χ1n) is 10.9. The largest absolute Gasteiger partial charge is 0.0847 e. The molecule has 4 bridgehead atoms. The molecule has 0 spiro atoms. The van der Waals surface area contributed by atoms with E-state index in [2.05, 4.69) is 63.3 Å². The molecule has 26 heavy (non-hydrogen) atoms. The van der Waals surface area contributed by atoms with Crippen LogP contribution in [0, 0.1) is 23.7 Å². The first-order chi connectivity index (χ1) is 12.5. The molecule has 0 N–H and O–H groups in total. The Morgan fingerprint density at radius 2 is 1.42 bits per heavy atom. The Kier molecular flexibility index (Phi) is 3.79. The number of hydrogen-bond acceptors (Lipinski definition) is 0. The third kappa shape index (κ3) is 2.63. The predicted molar refractivity (Wildman–Crippen MR) is 110 cm³/mol. The third-order valence-electron chi connectivity index (χ3n) is 8.54. The SMILES string of the molecule is C/C=C(C)/C=C/C1C[C@]1(C)c1ccc(C23CC4CC(CC(C4)C2)C3)cc1. The second-order valence-corrected chi connectivity index (χ2v) is 10.4. The lowest BCUT2D eigenvalue weighted by atomic mass is 9.48. The summed E-state index contributed by atoms with van der Waals surface area (Å²) in [5.74, 6) is 3.81. The van der Waals surface area contributed by atoms with Gasteiger partial charge in [-0.05, 0) is 104 Å². The Hall–Kier alpha value is -1.30. The van der Waals surface area contributed by atoms with Gasteiger partial charge in [0.2, 0.25) is 0 Å². The molecule has 5 fully saturated rings. The molecule has 1 aromatic rings. The zero-order chi connectivity index (χ0) is 17.9. The summed E-state index contributed by atoms with van der Waals surface area (Å²) in [6.07, 6.45) is 17.3. The van der Waals surface area contributed by atoms with Crippen molar-refractivity contribution in [3.8, 4) is 0 Å². The summed E-state index contributed by atoms with van der Waals surface area (Å²) in [5, 5.41) is 0. The molecule has 0 radical (unpaired) electrons. The van der Waals surface area contributed by atoms with Gasteiger partial charge in [-0.2, -0.15) is 0 Å². The molecule has 5 aliphatic rings. The summed E-state index contributed by atoms with van der Waals surface area (Å²) in [5.41, 5.74) is 5.50. The van der Waals surface area contributed by atoms with Crippen LogP contribution in [0.15, 0.2) is 48.1 Å². The fraction of sp³-hybridized carbons (Fsp3) is 0.615. The van der Waals surface area contributed by atoms with Gasteiger partial charge in [-0.1, -0.05) is 55.0 Å². The van der Waals surface area contributed by atoms with Crippen LogP contribution in [0.4, 0.5) is 0 Å². The molecule has 5 saturated carbocycles. The van der Waals surface area contributed by atoms with Gasteiger partial charge in [-0.25, -0.2) is 0 Å². The summed E-state index contributed by atoms with van der Waals surface area (Å²) >= 11 is 0. The van der Waals surface area contributed by atoms with Crippen molar-refractivity contribution in [2.45, 2.75) is 76.5 Å². The minimum atomic E-state index is 0.366. The molecule has 2 atom stereocenters. The van der Waals surface area contributed by atoms with E-state index in [1.54, 1.807) is 11.1 Å². The standard InChI is InChI=1S/C26H34/c1-4-18(2)5-6-24-17-25(24,3)22-7-9-23(10-8-22)26-14-19-11-20(15-26)13-21(12-19)16-26/h4-10,19-21,24H,11-17H2,1-3H3/b6-5+,18-4+/t19?,20?,21?,24?,25-,26?/m1/s1. The van der Waals surface area contributed by atoms with Gasteiger partial charge in [0, 0.05) is 0 Å². The fourth-order valence-corrected chi connectivity index (χ4v) is 7.04. The lowest BCUT2D eigenvalue weighted by Crippen LogP contribution is -2.48. The van der Waals surface area contributed by atoms with E-state index >= 15 is 0 Å². The van der Waals surface area contributed by atoms with Crippen LogP contribution in [-0.2, 0) is 10.8 Å². The third-order valence-corrected chi connectivity index (χ3v) is 8.54. The molecule has 1 unspecified atom stereocenters. The Balaban J connectivity index is 1.35. The molecule has 1 aromatic carbocycles. The van der Waals surface area contributed by atoms with Crippen LogP contribution in [0.2, 0.25) is 0 Å². The van der Waals surface area contributed by atoms with Crippen LogP contribution in [0.25, 0.3) is 0 Å². The van der Waals surface area contributed by atoms with Crippen molar-refractivity contribution in [2.75, 3.05) is 0 Å². The van der Waals surface area contributed by atoms with Crippen LogP contribution in [0.1, 0.15) is 76.8 Å². The minimum Gasteiger partial charge on any atom is -0.0847 e.